The summed E-state index contributed by atoms with van der Waals surface area (Å²) in [5, 5.41) is 3.57. The number of rotatable bonds is 5. The van der Waals surface area contributed by atoms with Gasteiger partial charge in [0.15, 0.2) is 0 Å². The predicted molar refractivity (Wildman–Crippen MR) is 60.5 cm³/mol. The Morgan fingerprint density at radius 2 is 2.21 bits per heavy atom. The minimum absolute atomic E-state index is 0.754. The Morgan fingerprint density at radius 3 is 2.93 bits per heavy atom. The van der Waals surface area contributed by atoms with Gasteiger partial charge in [0.25, 0.3) is 0 Å². The second-order valence-corrected chi connectivity index (χ2v) is 4.95. The Bertz CT molecular complexity index is 166. The van der Waals surface area contributed by atoms with Crippen LogP contribution in [0.25, 0.3) is 0 Å². The Balaban J connectivity index is 1.58. The lowest BCUT2D eigenvalue weighted by atomic mass is 10.1. The van der Waals surface area contributed by atoms with Crippen molar-refractivity contribution in [1.29, 1.82) is 0 Å². The van der Waals surface area contributed by atoms with Crippen LogP contribution in [-0.4, -0.2) is 37.1 Å². The molecule has 1 unspecified atom stereocenters. The normalized spacial score (nSPS) is 29.4. The number of piperazine rings is 1. The van der Waals surface area contributed by atoms with Crippen molar-refractivity contribution >= 4 is 0 Å². The van der Waals surface area contributed by atoms with Gasteiger partial charge in [-0.1, -0.05) is 19.8 Å². The van der Waals surface area contributed by atoms with E-state index in [1.165, 1.54) is 58.3 Å². The summed E-state index contributed by atoms with van der Waals surface area (Å²) in [4.78, 5) is 2.65. The van der Waals surface area contributed by atoms with Crippen molar-refractivity contribution in [2.75, 3.05) is 26.2 Å². The zero-order valence-corrected chi connectivity index (χ0v) is 9.47. The Morgan fingerprint density at radius 1 is 1.36 bits per heavy atom. The van der Waals surface area contributed by atoms with Gasteiger partial charge in [0.05, 0.1) is 0 Å². The smallest absolute Gasteiger partial charge is 0.0192 e. The van der Waals surface area contributed by atoms with Gasteiger partial charge < -0.3 is 10.2 Å². The minimum Gasteiger partial charge on any atom is -0.311 e. The van der Waals surface area contributed by atoms with E-state index in [0.717, 1.165) is 12.0 Å². The molecule has 1 heterocycles. The summed E-state index contributed by atoms with van der Waals surface area (Å²) in [5.41, 5.74) is 0. The molecule has 1 aliphatic heterocycles. The zero-order chi connectivity index (χ0) is 9.80. The van der Waals surface area contributed by atoms with Gasteiger partial charge >= 0.3 is 0 Å². The Kier molecular flexibility index (Phi) is 3.82. The number of nitrogens with zero attached hydrogens (tertiary/aromatic N) is 1. The maximum absolute atomic E-state index is 3.57. The molecule has 2 nitrogen and oxygen atoms in total. The second-order valence-electron chi connectivity index (χ2n) is 4.95. The van der Waals surface area contributed by atoms with E-state index in [-0.39, 0.29) is 0 Å². The van der Waals surface area contributed by atoms with Crippen LogP contribution in [0.4, 0.5) is 0 Å². The van der Waals surface area contributed by atoms with Crippen molar-refractivity contribution in [3.05, 3.63) is 0 Å². The molecule has 14 heavy (non-hydrogen) atoms. The van der Waals surface area contributed by atoms with Crippen molar-refractivity contribution in [1.82, 2.24) is 10.2 Å². The minimum atomic E-state index is 0.754. The van der Waals surface area contributed by atoms with Crippen molar-refractivity contribution < 1.29 is 0 Å². The molecule has 0 aromatic heterocycles. The largest absolute Gasteiger partial charge is 0.311 e. The van der Waals surface area contributed by atoms with Crippen LogP contribution in [0.5, 0.6) is 0 Å². The van der Waals surface area contributed by atoms with E-state index in [1.807, 2.05) is 0 Å². The van der Waals surface area contributed by atoms with Gasteiger partial charge in [-0.25, -0.2) is 0 Å². The van der Waals surface area contributed by atoms with Crippen LogP contribution in [0.2, 0.25) is 0 Å². The highest BCUT2D eigenvalue weighted by atomic mass is 15.2. The summed E-state index contributed by atoms with van der Waals surface area (Å²) >= 11 is 0. The lowest BCUT2D eigenvalue weighted by Gasteiger charge is -2.33. The zero-order valence-electron chi connectivity index (χ0n) is 9.47. The maximum atomic E-state index is 3.57. The van der Waals surface area contributed by atoms with Gasteiger partial charge in [-0.2, -0.15) is 0 Å². The van der Waals surface area contributed by atoms with E-state index < -0.39 is 0 Å². The van der Waals surface area contributed by atoms with E-state index in [2.05, 4.69) is 17.1 Å². The first kappa shape index (κ1) is 10.4. The average molecular weight is 196 g/mol. The monoisotopic (exact) mass is 196 g/mol. The number of hydrogen-bond donors (Lipinski definition) is 1. The Labute approximate surface area is 88.1 Å². The van der Waals surface area contributed by atoms with E-state index >= 15 is 0 Å². The molecule has 2 aliphatic rings. The fourth-order valence-corrected chi connectivity index (χ4v) is 2.38. The van der Waals surface area contributed by atoms with E-state index in [4.69, 9.17) is 0 Å². The molecular formula is C12H24N2. The first-order valence-electron chi connectivity index (χ1n) is 6.34. The van der Waals surface area contributed by atoms with Gasteiger partial charge in [-0.05, 0) is 31.7 Å². The fourth-order valence-electron chi connectivity index (χ4n) is 2.38. The molecule has 0 aromatic carbocycles. The summed E-state index contributed by atoms with van der Waals surface area (Å²) in [5.74, 6) is 1.11. The molecule has 0 spiro atoms. The highest BCUT2D eigenvalue weighted by molar-refractivity contribution is 4.78. The van der Waals surface area contributed by atoms with Crippen LogP contribution in [-0.2, 0) is 0 Å². The van der Waals surface area contributed by atoms with Gasteiger partial charge in [0.2, 0.25) is 0 Å². The van der Waals surface area contributed by atoms with Gasteiger partial charge in [-0.15, -0.1) is 0 Å². The molecule has 2 rings (SSSR count). The first-order valence-corrected chi connectivity index (χ1v) is 6.34. The molecule has 1 atom stereocenters. The molecule has 1 saturated heterocycles. The summed E-state index contributed by atoms with van der Waals surface area (Å²) in [7, 11) is 0. The standard InChI is InChI=1S/C12H24N2/c1-2-12-10-14(9-7-13-12)8-3-4-11-5-6-11/h11-13H,2-10H2,1H3. The topological polar surface area (TPSA) is 15.3 Å². The van der Waals surface area contributed by atoms with Crippen LogP contribution in [0.15, 0.2) is 0 Å². The lowest BCUT2D eigenvalue weighted by Crippen LogP contribution is -2.50. The molecule has 2 fully saturated rings. The SMILES string of the molecule is CCC1CN(CCCC2CC2)CCN1. The molecule has 0 amide bonds. The highest BCUT2D eigenvalue weighted by Gasteiger charge is 2.22. The third-order valence-electron chi connectivity index (χ3n) is 3.62. The number of hydrogen-bond acceptors (Lipinski definition) is 2. The highest BCUT2D eigenvalue weighted by Crippen LogP contribution is 2.33. The third-order valence-corrected chi connectivity index (χ3v) is 3.62. The van der Waals surface area contributed by atoms with E-state index in [9.17, 15) is 0 Å². The summed E-state index contributed by atoms with van der Waals surface area (Å²) in [6, 6.07) is 0.754. The molecule has 1 N–H and O–H groups in total. The molecule has 0 aromatic rings. The van der Waals surface area contributed by atoms with Crippen LogP contribution >= 0.6 is 0 Å². The van der Waals surface area contributed by atoms with Crippen LogP contribution in [0, 0.1) is 5.92 Å². The molecule has 82 valence electrons. The quantitative estimate of drug-likeness (QED) is 0.722. The first-order chi connectivity index (χ1) is 6.88. The van der Waals surface area contributed by atoms with E-state index in [0.29, 0.717) is 0 Å². The third kappa shape index (κ3) is 3.25. The second kappa shape index (κ2) is 5.13. The van der Waals surface area contributed by atoms with E-state index in [1.54, 1.807) is 0 Å². The lowest BCUT2D eigenvalue weighted by molar-refractivity contribution is 0.193. The van der Waals surface area contributed by atoms with Crippen molar-refractivity contribution in [2.45, 2.75) is 45.1 Å². The molecular weight excluding hydrogens is 172 g/mol. The molecule has 1 saturated carbocycles. The van der Waals surface area contributed by atoms with Crippen molar-refractivity contribution in [3.63, 3.8) is 0 Å². The molecule has 2 heteroatoms. The Hall–Kier alpha value is -0.0800. The van der Waals surface area contributed by atoms with Gasteiger partial charge in [0.1, 0.15) is 0 Å². The number of nitrogens with one attached hydrogen (secondary N) is 1. The summed E-state index contributed by atoms with van der Waals surface area (Å²) in [6.07, 6.45) is 7.22. The molecule has 0 bridgehead atoms. The van der Waals surface area contributed by atoms with Crippen LogP contribution < -0.4 is 5.32 Å². The molecule has 0 radical (unpaired) electrons. The van der Waals surface area contributed by atoms with Crippen LogP contribution in [0.1, 0.15) is 39.0 Å². The summed E-state index contributed by atoms with van der Waals surface area (Å²) < 4.78 is 0. The molecule has 1 aliphatic carbocycles. The van der Waals surface area contributed by atoms with Gasteiger partial charge in [0, 0.05) is 25.7 Å². The predicted octanol–water partition coefficient (Wildman–Crippen LogP) is 1.86. The average Bonchev–Trinajstić information content (AvgIpc) is 3.02. The van der Waals surface area contributed by atoms with Gasteiger partial charge in [-0.3, -0.25) is 0 Å². The van der Waals surface area contributed by atoms with Crippen molar-refractivity contribution in [2.24, 2.45) is 5.92 Å². The maximum Gasteiger partial charge on any atom is 0.0192 e. The summed E-state index contributed by atoms with van der Waals surface area (Å²) in [6.45, 7) is 7.37. The van der Waals surface area contributed by atoms with Crippen molar-refractivity contribution in [3.8, 4) is 0 Å². The van der Waals surface area contributed by atoms with Crippen LogP contribution in [0.3, 0.4) is 0 Å². The fraction of sp³-hybridized carbons (Fsp3) is 1.00.